The molecule has 0 rings (SSSR count). The molecule has 0 heterocycles. The van der Waals surface area contributed by atoms with Crippen molar-refractivity contribution in [2.45, 2.75) is 206 Å². The van der Waals surface area contributed by atoms with Crippen LogP contribution in [0, 0.1) is 0 Å². The zero-order valence-corrected chi connectivity index (χ0v) is 35.6. The highest BCUT2D eigenvalue weighted by atomic mass is 31.2. The smallest absolute Gasteiger partial charge is 0.462 e. The zero-order valence-electron chi connectivity index (χ0n) is 34.7. The van der Waals surface area contributed by atoms with Gasteiger partial charge in [0, 0.05) is 20.0 Å². The molecule has 3 unspecified atom stereocenters. The molecule has 318 valence electrons. The molecule has 0 saturated carbocycles. The first-order chi connectivity index (χ1) is 26.3. The molecule has 10 nitrogen and oxygen atoms in total. The third kappa shape index (κ3) is 36.1. The normalized spacial score (nSPS) is 14.1. The number of allylic oxidation sites excluding steroid dienone is 4. The molecule has 0 amide bonds. The number of carbonyl (C=O) groups excluding carboxylic acids is 2. The molecule has 0 fully saturated rings. The van der Waals surface area contributed by atoms with Crippen molar-refractivity contribution in [3.63, 3.8) is 0 Å². The molecule has 54 heavy (non-hydrogen) atoms. The van der Waals surface area contributed by atoms with Crippen molar-refractivity contribution in [1.82, 2.24) is 0 Å². The minimum atomic E-state index is -4.12. The lowest BCUT2D eigenvalue weighted by molar-refractivity contribution is -0.161. The van der Waals surface area contributed by atoms with Crippen LogP contribution in [0.25, 0.3) is 0 Å². The van der Waals surface area contributed by atoms with E-state index in [4.69, 9.17) is 28.2 Å². The third-order valence-corrected chi connectivity index (χ3v) is 10.7. The number of esters is 2. The fraction of sp³-hybridized carbons (Fsp3) is 0.860. The van der Waals surface area contributed by atoms with Gasteiger partial charge in [0.25, 0.3) is 0 Å². The number of phosphoric acid groups is 1. The Morgan fingerprint density at radius 3 is 1.37 bits per heavy atom. The molecule has 3 atom stereocenters. The van der Waals surface area contributed by atoms with E-state index in [1.807, 2.05) is 0 Å². The number of hydrogen-bond donors (Lipinski definition) is 2. The van der Waals surface area contributed by atoms with Gasteiger partial charge in [0.2, 0.25) is 0 Å². The minimum Gasteiger partial charge on any atom is -0.462 e. The van der Waals surface area contributed by atoms with Gasteiger partial charge in [-0.3, -0.25) is 23.2 Å². The first kappa shape index (κ1) is 52.5. The van der Waals surface area contributed by atoms with Gasteiger partial charge in [-0.15, -0.1) is 0 Å². The number of hydrogen-bond acceptors (Lipinski definition) is 10. The van der Waals surface area contributed by atoms with Crippen LogP contribution in [0.3, 0.4) is 0 Å². The first-order valence-corrected chi connectivity index (χ1v) is 23.1. The Labute approximate surface area is 330 Å². The Balaban J connectivity index is 4.42. The van der Waals surface area contributed by atoms with Gasteiger partial charge in [-0.1, -0.05) is 141 Å². The number of ether oxygens (including phenoxy) is 2. The number of aliphatic hydroxyl groups is 2. The van der Waals surface area contributed by atoms with Crippen LogP contribution in [0.15, 0.2) is 24.3 Å². The first-order valence-electron chi connectivity index (χ1n) is 21.7. The molecule has 0 aliphatic rings. The van der Waals surface area contributed by atoms with Gasteiger partial charge in [-0.05, 0) is 64.2 Å². The maximum atomic E-state index is 12.8. The second kappa shape index (κ2) is 39.7. The van der Waals surface area contributed by atoms with Crippen LogP contribution in [0.5, 0.6) is 0 Å². The van der Waals surface area contributed by atoms with Crippen molar-refractivity contribution in [3.8, 4) is 0 Å². The summed E-state index contributed by atoms with van der Waals surface area (Å²) in [5.74, 6) is -0.860. The Morgan fingerprint density at radius 1 is 0.556 bits per heavy atom. The number of unbranched alkanes of at least 4 members (excludes halogenated alkanes) is 22. The summed E-state index contributed by atoms with van der Waals surface area (Å²) in [7, 11) is -3.00. The second-order valence-electron chi connectivity index (χ2n) is 14.5. The van der Waals surface area contributed by atoms with Gasteiger partial charge in [0.1, 0.15) is 12.7 Å². The standard InChI is InChI=1S/C43H81O10P/c1-4-6-8-10-12-14-16-18-20-22-24-26-28-30-32-34-42(46)50-38-41(39-52-54(48,49-3)51-37-40(45)36-44)53-43(47)35-33-31-29-27-25-23-21-19-17-15-13-11-9-7-5-2/h18-21,40-41,44-45H,4-17,22-39H2,1-3H3/b20-18-,21-19-. The fourth-order valence-corrected chi connectivity index (χ4v) is 6.84. The maximum Gasteiger partial charge on any atom is 0.474 e. The molecule has 0 aliphatic carbocycles. The lowest BCUT2D eigenvalue weighted by Gasteiger charge is -2.22. The van der Waals surface area contributed by atoms with Gasteiger partial charge in [0.15, 0.2) is 6.10 Å². The summed E-state index contributed by atoms with van der Waals surface area (Å²) in [5, 5.41) is 18.6. The summed E-state index contributed by atoms with van der Waals surface area (Å²) in [5.41, 5.74) is 0. The average Bonchev–Trinajstić information content (AvgIpc) is 3.17. The monoisotopic (exact) mass is 789 g/mol. The summed E-state index contributed by atoms with van der Waals surface area (Å²) in [4.78, 5) is 25.2. The number of carbonyl (C=O) groups is 2. The Hall–Kier alpha value is -1.55. The summed E-state index contributed by atoms with van der Waals surface area (Å²) in [6.45, 7) is 2.76. The van der Waals surface area contributed by atoms with E-state index in [1.165, 1.54) is 89.9 Å². The van der Waals surface area contributed by atoms with Crippen molar-refractivity contribution in [1.29, 1.82) is 0 Å². The quantitative estimate of drug-likeness (QED) is 0.0266. The van der Waals surface area contributed by atoms with Crippen molar-refractivity contribution >= 4 is 19.8 Å². The molecule has 0 bridgehead atoms. The van der Waals surface area contributed by atoms with Crippen LogP contribution in [-0.4, -0.2) is 67.9 Å². The Bertz CT molecular complexity index is 957. The highest BCUT2D eigenvalue weighted by Gasteiger charge is 2.29. The van der Waals surface area contributed by atoms with Crippen LogP contribution in [0.2, 0.25) is 0 Å². The maximum absolute atomic E-state index is 12.8. The molecule has 11 heteroatoms. The van der Waals surface area contributed by atoms with E-state index in [9.17, 15) is 19.3 Å². The van der Waals surface area contributed by atoms with E-state index in [2.05, 4.69) is 38.2 Å². The lowest BCUT2D eigenvalue weighted by Crippen LogP contribution is -2.30. The third-order valence-electron chi connectivity index (χ3n) is 9.29. The molecule has 0 saturated heterocycles. The predicted molar refractivity (Wildman–Crippen MR) is 219 cm³/mol. The topological polar surface area (TPSA) is 138 Å². The highest BCUT2D eigenvalue weighted by molar-refractivity contribution is 7.48. The van der Waals surface area contributed by atoms with E-state index in [1.54, 1.807) is 0 Å². The van der Waals surface area contributed by atoms with Gasteiger partial charge in [-0.25, -0.2) is 4.57 Å². The number of phosphoric ester groups is 1. The summed E-state index contributed by atoms with van der Waals surface area (Å²) >= 11 is 0. The molecule has 0 aromatic rings. The molecule has 0 spiro atoms. The number of rotatable bonds is 41. The molecule has 2 N–H and O–H groups in total. The van der Waals surface area contributed by atoms with Crippen LogP contribution >= 0.6 is 7.82 Å². The van der Waals surface area contributed by atoms with Gasteiger partial charge < -0.3 is 19.7 Å². The van der Waals surface area contributed by atoms with Gasteiger partial charge in [-0.2, -0.15) is 0 Å². The van der Waals surface area contributed by atoms with Crippen LogP contribution in [-0.2, 0) is 37.2 Å². The molecular formula is C43H81O10P. The second-order valence-corrected chi connectivity index (χ2v) is 16.3. The molecule has 0 radical (unpaired) electrons. The minimum absolute atomic E-state index is 0.207. The summed E-state index contributed by atoms with van der Waals surface area (Å²) in [6.07, 6.45) is 37.6. The Morgan fingerprint density at radius 2 is 0.944 bits per heavy atom. The predicted octanol–water partition coefficient (Wildman–Crippen LogP) is 11.7. The molecular weight excluding hydrogens is 707 g/mol. The van der Waals surface area contributed by atoms with Crippen LogP contribution < -0.4 is 0 Å². The van der Waals surface area contributed by atoms with Crippen LogP contribution in [0.4, 0.5) is 0 Å². The average molecular weight is 789 g/mol. The zero-order chi connectivity index (χ0) is 39.8. The summed E-state index contributed by atoms with van der Waals surface area (Å²) < 4.78 is 39.0. The summed E-state index contributed by atoms with van der Waals surface area (Å²) in [6, 6.07) is 0. The van der Waals surface area contributed by atoms with Crippen molar-refractivity contribution in [2.24, 2.45) is 0 Å². The highest BCUT2D eigenvalue weighted by Crippen LogP contribution is 2.48. The Kier molecular flexibility index (Phi) is 38.5. The molecule has 0 aromatic heterocycles. The SMILES string of the molecule is CCCCCCCC/C=C\CCCCCCCC(=O)OCC(COP(=O)(OC)OCC(O)CO)OC(=O)CCCCCCC/C=C\CCCCCCCC. The largest absolute Gasteiger partial charge is 0.474 e. The van der Waals surface area contributed by atoms with Crippen molar-refractivity contribution in [3.05, 3.63) is 24.3 Å². The van der Waals surface area contributed by atoms with E-state index in [-0.39, 0.29) is 19.4 Å². The van der Waals surface area contributed by atoms with E-state index in [0.717, 1.165) is 71.3 Å². The van der Waals surface area contributed by atoms with Crippen molar-refractivity contribution in [2.75, 3.05) is 33.5 Å². The fourth-order valence-electron chi connectivity index (χ4n) is 5.85. The van der Waals surface area contributed by atoms with Gasteiger partial charge >= 0.3 is 19.8 Å². The molecule has 0 aliphatic heterocycles. The van der Waals surface area contributed by atoms with E-state index in [0.29, 0.717) is 12.8 Å². The van der Waals surface area contributed by atoms with E-state index < -0.39 is 51.8 Å². The molecule has 0 aromatic carbocycles. The lowest BCUT2D eigenvalue weighted by atomic mass is 10.1. The van der Waals surface area contributed by atoms with Crippen molar-refractivity contribution < 1.29 is 47.4 Å². The number of aliphatic hydroxyl groups excluding tert-OH is 2. The van der Waals surface area contributed by atoms with Gasteiger partial charge in [0.05, 0.1) is 19.8 Å². The van der Waals surface area contributed by atoms with Crippen LogP contribution in [0.1, 0.15) is 194 Å². The van der Waals surface area contributed by atoms with E-state index >= 15 is 0 Å².